The van der Waals surface area contributed by atoms with Crippen LogP contribution in [0.2, 0.25) is 0 Å². The molecule has 0 saturated heterocycles. The second kappa shape index (κ2) is 5.45. The van der Waals surface area contributed by atoms with Gasteiger partial charge < -0.3 is 15.2 Å². The summed E-state index contributed by atoms with van der Waals surface area (Å²) in [6, 6.07) is 0. The number of thiophene rings is 1. The molecule has 0 amide bonds. The average Bonchev–Trinajstić information content (AvgIpc) is 2.55. The second-order valence-corrected chi connectivity index (χ2v) is 5.42. The lowest BCUT2D eigenvalue weighted by Crippen LogP contribution is -2.08. The van der Waals surface area contributed by atoms with Crippen molar-refractivity contribution < 1.29 is 14.3 Å². The summed E-state index contributed by atoms with van der Waals surface area (Å²) in [5.74, 6) is 0.171. The first-order valence-electron chi connectivity index (χ1n) is 4.72. The first-order valence-corrected chi connectivity index (χ1v) is 6.76. The van der Waals surface area contributed by atoms with E-state index in [-0.39, 0.29) is 6.10 Å². The molecule has 0 aliphatic heterocycles. The molecule has 2 N–H and O–H groups in total. The molecule has 0 bridgehead atoms. The number of ether oxygens (including phenoxy) is 2. The number of thioether (sulfide) groups is 1. The van der Waals surface area contributed by atoms with E-state index in [1.54, 1.807) is 0 Å². The highest BCUT2D eigenvalue weighted by molar-refractivity contribution is 8.00. The van der Waals surface area contributed by atoms with Gasteiger partial charge in [0.25, 0.3) is 0 Å². The van der Waals surface area contributed by atoms with Crippen LogP contribution in [0.5, 0.6) is 5.75 Å². The predicted octanol–water partition coefficient (Wildman–Crippen LogP) is 2.63. The fourth-order valence-corrected chi connectivity index (χ4v) is 2.87. The molecule has 0 saturated carbocycles. The summed E-state index contributed by atoms with van der Waals surface area (Å²) in [5.41, 5.74) is 6.25. The van der Waals surface area contributed by atoms with Crippen LogP contribution in [0.3, 0.4) is 0 Å². The van der Waals surface area contributed by atoms with Gasteiger partial charge in [0.15, 0.2) is 5.75 Å². The molecule has 4 nitrogen and oxygen atoms in total. The van der Waals surface area contributed by atoms with Gasteiger partial charge >= 0.3 is 5.97 Å². The number of carbonyl (C=O) groups is 1. The van der Waals surface area contributed by atoms with Gasteiger partial charge in [0.05, 0.1) is 13.2 Å². The maximum atomic E-state index is 11.4. The van der Waals surface area contributed by atoms with Gasteiger partial charge in [-0.05, 0) is 20.1 Å². The summed E-state index contributed by atoms with van der Waals surface area (Å²) in [7, 11) is 1.34. The molecule has 0 radical (unpaired) electrons. The number of nitrogen functional groups attached to an aromatic ring is 1. The molecule has 1 rings (SSSR count). The van der Waals surface area contributed by atoms with E-state index in [2.05, 4.69) is 4.74 Å². The van der Waals surface area contributed by atoms with E-state index in [1.165, 1.54) is 30.2 Å². The number of anilines is 1. The monoisotopic (exact) mass is 261 g/mol. The van der Waals surface area contributed by atoms with Gasteiger partial charge in [0.1, 0.15) is 14.8 Å². The Morgan fingerprint density at radius 2 is 2.12 bits per heavy atom. The van der Waals surface area contributed by atoms with Crippen LogP contribution in [-0.4, -0.2) is 25.4 Å². The van der Waals surface area contributed by atoms with Crippen LogP contribution in [-0.2, 0) is 4.74 Å². The van der Waals surface area contributed by atoms with Crippen LogP contribution in [0.15, 0.2) is 4.21 Å². The standard InChI is InChI=1S/C10H15NO3S2/c1-5(2)14-7-6(11)8(9(12)13-3)16-10(7)15-4/h5H,11H2,1-4H3. The van der Waals surface area contributed by atoms with Crippen LogP contribution in [0, 0.1) is 0 Å². The van der Waals surface area contributed by atoms with Gasteiger partial charge in [-0.1, -0.05) is 0 Å². The highest BCUT2D eigenvalue weighted by atomic mass is 32.2. The third-order valence-corrected chi connectivity index (χ3v) is 4.05. The van der Waals surface area contributed by atoms with Crippen molar-refractivity contribution in [1.29, 1.82) is 0 Å². The number of esters is 1. The highest BCUT2D eigenvalue weighted by Crippen LogP contribution is 2.44. The Labute approximate surface area is 103 Å². The SMILES string of the molecule is COC(=O)c1sc(SC)c(OC(C)C)c1N. The Morgan fingerprint density at radius 3 is 2.56 bits per heavy atom. The molecule has 0 fully saturated rings. The number of methoxy groups -OCH3 is 1. The van der Waals surface area contributed by atoms with Crippen molar-refractivity contribution >= 4 is 34.8 Å². The predicted molar refractivity (Wildman–Crippen MR) is 67.6 cm³/mol. The lowest BCUT2D eigenvalue weighted by Gasteiger charge is -2.10. The van der Waals surface area contributed by atoms with Crippen molar-refractivity contribution in [2.75, 3.05) is 19.1 Å². The van der Waals surface area contributed by atoms with Crippen LogP contribution < -0.4 is 10.5 Å². The highest BCUT2D eigenvalue weighted by Gasteiger charge is 2.22. The summed E-state index contributed by atoms with van der Waals surface area (Å²) in [6.07, 6.45) is 1.94. The van der Waals surface area contributed by atoms with Crippen molar-refractivity contribution in [1.82, 2.24) is 0 Å². The quantitative estimate of drug-likeness (QED) is 0.667. The summed E-state index contributed by atoms with van der Waals surface area (Å²) in [5, 5.41) is 0. The van der Waals surface area contributed by atoms with E-state index in [0.717, 1.165) is 4.21 Å². The molecule has 0 spiro atoms. The lowest BCUT2D eigenvalue weighted by atomic mass is 10.3. The first-order chi connectivity index (χ1) is 7.51. The summed E-state index contributed by atoms with van der Waals surface area (Å²) in [4.78, 5) is 11.9. The maximum Gasteiger partial charge on any atom is 0.350 e. The van der Waals surface area contributed by atoms with E-state index < -0.39 is 5.97 Å². The summed E-state index contributed by atoms with van der Waals surface area (Å²) in [6.45, 7) is 3.83. The molecular formula is C10H15NO3S2. The van der Waals surface area contributed by atoms with Crippen molar-refractivity contribution in [2.45, 2.75) is 24.2 Å². The second-order valence-electron chi connectivity index (χ2n) is 3.32. The van der Waals surface area contributed by atoms with E-state index in [0.29, 0.717) is 16.3 Å². The molecule has 0 aliphatic carbocycles. The molecule has 1 aromatic rings. The molecule has 0 unspecified atom stereocenters. The van der Waals surface area contributed by atoms with E-state index >= 15 is 0 Å². The van der Waals surface area contributed by atoms with Crippen molar-refractivity contribution in [3.8, 4) is 5.75 Å². The zero-order valence-electron chi connectivity index (χ0n) is 9.70. The zero-order valence-corrected chi connectivity index (χ0v) is 11.3. The van der Waals surface area contributed by atoms with E-state index in [1.807, 2.05) is 20.1 Å². The molecule has 0 atom stereocenters. The van der Waals surface area contributed by atoms with Crippen molar-refractivity contribution in [3.05, 3.63) is 4.88 Å². The number of nitrogens with two attached hydrogens (primary N) is 1. The Balaban J connectivity index is 3.15. The molecule has 90 valence electrons. The van der Waals surface area contributed by atoms with Gasteiger partial charge in [0, 0.05) is 0 Å². The Bertz CT molecular complexity index is 388. The molecule has 1 aromatic heterocycles. The number of rotatable bonds is 4. The number of hydrogen-bond acceptors (Lipinski definition) is 6. The van der Waals surface area contributed by atoms with E-state index in [4.69, 9.17) is 10.5 Å². The third-order valence-electron chi connectivity index (χ3n) is 1.78. The molecule has 0 aromatic carbocycles. The largest absolute Gasteiger partial charge is 0.487 e. The molecule has 6 heteroatoms. The minimum atomic E-state index is -0.420. The van der Waals surface area contributed by atoms with Crippen molar-refractivity contribution in [2.24, 2.45) is 0 Å². The average molecular weight is 261 g/mol. The topological polar surface area (TPSA) is 61.5 Å². The molecular weight excluding hydrogens is 246 g/mol. The van der Waals surface area contributed by atoms with Crippen LogP contribution in [0.25, 0.3) is 0 Å². The molecule has 0 aliphatic rings. The summed E-state index contributed by atoms with van der Waals surface area (Å²) < 4.78 is 11.2. The third kappa shape index (κ3) is 2.62. The fourth-order valence-electron chi connectivity index (χ4n) is 1.13. The van der Waals surface area contributed by atoms with Gasteiger partial charge in [-0.15, -0.1) is 23.1 Å². The number of hydrogen-bond donors (Lipinski definition) is 1. The molecule has 16 heavy (non-hydrogen) atoms. The Kier molecular flexibility index (Phi) is 4.49. The number of carbonyl (C=O) groups excluding carboxylic acids is 1. The lowest BCUT2D eigenvalue weighted by molar-refractivity contribution is 0.0607. The minimum absolute atomic E-state index is 0.0216. The van der Waals surface area contributed by atoms with Gasteiger partial charge in [-0.3, -0.25) is 0 Å². The van der Waals surface area contributed by atoms with Crippen LogP contribution in [0.4, 0.5) is 5.69 Å². The normalized spacial score (nSPS) is 10.6. The van der Waals surface area contributed by atoms with E-state index in [9.17, 15) is 4.79 Å². The fraction of sp³-hybridized carbons (Fsp3) is 0.500. The van der Waals surface area contributed by atoms with Gasteiger partial charge in [0.2, 0.25) is 0 Å². The van der Waals surface area contributed by atoms with Gasteiger partial charge in [-0.2, -0.15) is 0 Å². The molecule has 1 heterocycles. The minimum Gasteiger partial charge on any atom is -0.487 e. The Hall–Kier alpha value is -0.880. The Morgan fingerprint density at radius 1 is 1.50 bits per heavy atom. The van der Waals surface area contributed by atoms with Crippen LogP contribution >= 0.6 is 23.1 Å². The smallest absolute Gasteiger partial charge is 0.350 e. The first kappa shape index (κ1) is 13.2. The van der Waals surface area contributed by atoms with Gasteiger partial charge in [-0.25, -0.2) is 4.79 Å². The summed E-state index contributed by atoms with van der Waals surface area (Å²) >= 11 is 2.81. The van der Waals surface area contributed by atoms with Crippen LogP contribution in [0.1, 0.15) is 23.5 Å². The zero-order chi connectivity index (χ0) is 12.3. The van der Waals surface area contributed by atoms with Crippen molar-refractivity contribution in [3.63, 3.8) is 0 Å². The maximum absolute atomic E-state index is 11.4.